The van der Waals surface area contributed by atoms with Crippen LogP contribution in [0, 0.1) is 5.92 Å². The topological polar surface area (TPSA) is 105 Å². The van der Waals surface area contributed by atoms with Gasteiger partial charge in [-0.2, -0.15) is 0 Å². The van der Waals surface area contributed by atoms with Gasteiger partial charge >= 0.3 is 13.6 Å². The van der Waals surface area contributed by atoms with Gasteiger partial charge in [0.25, 0.3) is 0 Å². The van der Waals surface area contributed by atoms with Crippen LogP contribution in [-0.4, -0.2) is 41.2 Å². The van der Waals surface area contributed by atoms with Gasteiger partial charge < -0.3 is 19.3 Å². The van der Waals surface area contributed by atoms with E-state index >= 15 is 0 Å². The molecular formula is C22H34NO6P. The van der Waals surface area contributed by atoms with Crippen LogP contribution in [0.2, 0.25) is 0 Å². The Morgan fingerprint density at radius 3 is 2.77 bits per heavy atom. The number of rotatable bonds is 13. The molecule has 0 spiro atoms. The molecule has 2 N–H and O–H groups in total. The Bertz CT molecular complexity index is 727. The van der Waals surface area contributed by atoms with E-state index in [0.29, 0.717) is 25.1 Å². The number of aliphatic hydroxyl groups excluding tert-OH is 1. The Balaban J connectivity index is 1.68. The molecule has 2 aliphatic rings. The summed E-state index contributed by atoms with van der Waals surface area (Å²) in [5.41, 5.74) is 0.740. The molecule has 1 aliphatic carbocycles. The van der Waals surface area contributed by atoms with Gasteiger partial charge in [-0.05, 0) is 37.0 Å². The van der Waals surface area contributed by atoms with Crippen molar-refractivity contribution in [3.8, 4) is 0 Å². The number of aliphatic hydroxyl groups is 1. The van der Waals surface area contributed by atoms with Gasteiger partial charge in [0.2, 0.25) is 0 Å². The summed E-state index contributed by atoms with van der Waals surface area (Å²) < 4.78 is 22.8. The highest BCUT2D eigenvalue weighted by Crippen LogP contribution is 2.49. The van der Waals surface area contributed by atoms with E-state index in [4.69, 9.17) is 9.26 Å². The molecule has 168 valence electrons. The Morgan fingerprint density at radius 2 is 2.10 bits per heavy atom. The van der Waals surface area contributed by atoms with Crippen LogP contribution in [0.5, 0.6) is 0 Å². The zero-order valence-electron chi connectivity index (χ0n) is 17.7. The summed E-state index contributed by atoms with van der Waals surface area (Å²) in [5.74, 6) is -1.34. The highest BCUT2D eigenvalue weighted by molar-refractivity contribution is 7.53. The van der Waals surface area contributed by atoms with Gasteiger partial charge in [-0.25, -0.2) is 0 Å². The summed E-state index contributed by atoms with van der Waals surface area (Å²) in [5, 5.41) is 10.1. The molecule has 0 radical (unpaired) electrons. The molecular weight excluding hydrogens is 405 g/mol. The first-order valence-corrected chi connectivity index (χ1v) is 12.5. The molecule has 2 rings (SSSR count). The zero-order chi connectivity index (χ0) is 21.8. The molecule has 0 saturated heterocycles. The Morgan fingerprint density at radius 1 is 1.30 bits per heavy atom. The number of unbranched alkanes of at least 4 members (excludes halogenated alkanes) is 4. The first kappa shape index (κ1) is 24.7. The summed E-state index contributed by atoms with van der Waals surface area (Å²) >= 11 is 0. The van der Waals surface area contributed by atoms with Crippen LogP contribution in [-0.2, 0) is 18.6 Å². The fraction of sp³-hybridized carbons (Fsp3) is 0.636. The van der Waals surface area contributed by atoms with Gasteiger partial charge in [-0.1, -0.05) is 44.8 Å². The monoisotopic (exact) mass is 439 g/mol. The van der Waals surface area contributed by atoms with E-state index in [1.807, 2.05) is 6.08 Å². The molecule has 1 aliphatic heterocycles. The maximum Gasteiger partial charge on any atom is 0.356 e. The van der Waals surface area contributed by atoms with Gasteiger partial charge in [0.15, 0.2) is 5.85 Å². The average Bonchev–Trinajstić information content (AvgIpc) is 2.74. The maximum atomic E-state index is 12.3. The van der Waals surface area contributed by atoms with E-state index in [9.17, 15) is 19.4 Å². The number of hydrogen-bond donors (Lipinski definition) is 2. The number of hydrogen-bond acceptors (Lipinski definition) is 6. The van der Waals surface area contributed by atoms with E-state index in [0.717, 1.165) is 31.3 Å². The number of carbonyl (C=O) groups is 1. The molecule has 0 fully saturated rings. The summed E-state index contributed by atoms with van der Waals surface area (Å²) in [6, 6.07) is 0. The predicted molar refractivity (Wildman–Crippen MR) is 117 cm³/mol. The summed E-state index contributed by atoms with van der Waals surface area (Å²) in [6.07, 6.45) is 15.9. The first-order valence-electron chi connectivity index (χ1n) is 10.8. The fourth-order valence-electron chi connectivity index (χ4n) is 3.21. The Kier molecular flexibility index (Phi) is 10.7. The summed E-state index contributed by atoms with van der Waals surface area (Å²) in [6.45, 7) is 2.86. The Labute approximate surface area is 179 Å². The van der Waals surface area contributed by atoms with Crippen molar-refractivity contribution < 1.29 is 28.6 Å². The number of nitrogens with zero attached hydrogens (tertiary/aromatic N) is 1. The molecule has 3 atom stereocenters. The van der Waals surface area contributed by atoms with E-state index in [2.05, 4.69) is 11.9 Å². The molecule has 0 aromatic carbocycles. The van der Waals surface area contributed by atoms with E-state index in [1.165, 1.54) is 12.8 Å². The van der Waals surface area contributed by atoms with Crippen LogP contribution in [0.15, 0.2) is 40.6 Å². The third kappa shape index (κ3) is 9.09. The minimum Gasteiger partial charge on any atom is -0.427 e. The smallest absolute Gasteiger partial charge is 0.356 e. The van der Waals surface area contributed by atoms with Crippen molar-refractivity contribution in [1.82, 2.24) is 0 Å². The number of dihydropyridines is 1. The molecule has 3 unspecified atom stereocenters. The standard InChI is InChI=1S/C22H34NO6P/c1-2-3-4-5-6-9-21(24)29-20-12-10-18(11-13-20)17-28-30(26,27)22(25)15-19-8-7-14-23-16-19/h8,10,12-13,16,18,22,25H,2-7,9,11,14-15,17H2,1H3,(H,26,27). The van der Waals surface area contributed by atoms with Crippen LogP contribution in [0.1, 0.15) is 64.7 Å². The van der Waals surface area contributed by atoms with E-state index in [-0.39, 0.29) is 24.9 Å². The predicted octanol–water partition coefficient (Wildman–Crippen LogP) is 4.66. The second kappa shape index (κ2) is 13.0. The molecule has 30 heavy (non-hydrogen) atoms. The lowest BCUT2D eigenvalue weighted by atomic mass is 10.0. The van der Waals surface area contributed by atoms with Crippen LogP contribution < -0.4 is 0 Å². The lowest BCUT2D eigenvalue weighted by Gasteiger charge is -2.22. The third-order valence-electron chi connectivity index (χ3n) is 5.06. The molecule has 7 nitrogen and oxygen atoms in total. The van der Waals surface area contributed by atoms with Gasteiger partial charge in [-0.15, -0.1) is 0 Å². The zero-order valence-corrected chi connectivity index (χ0v) is 18.6. The second-order valence-corrected chi connectivity index (χ2v) is 9.73. The first-order chi connectivity index (χ1) is 14.4. The highest BCUT2D eigenvalue weighted by Gasteiger charge is 2.32. The van der Waals surface area contributed by atoms with E-state index in [1.54, 1.807) is 24.4 Å². The normalized spacial score (nSPS) is 21.5. The number of ether oxygens (including phenoxy) is 1. The number of esters is 1. The van der Waals surface area contributed by atoms with Crippen molar-refractivity contribution in [2.24, 2.45) is 10.9 Å². The molecule has 0 aromatic heterocycles. The van der Waals surface area contributed by atoms with Crippen LogP contribution in [0.25, 0.3) is 0 Å². The van der Waals surface area contributed by atoms with Gasteiger partial charge in [0, 0.05) is 31.5 Å². The number of carbonyl (C=O) groups excluding carboxylic acids is 1. The average molecular weight is 439 g/mol. The Hall–Kier alpha value is -1.53. The highest BCUT2D eigenvalue weighted by atomic mass is 31.2. The number of allylic oxidation sites excluding steroid dienone is 2. The van der Waals surface area contributed by atoms with Crippen molar-refractivity contribution >= 4 is 19.8 Å². The van der Waals surface area contributed by atoms with Crippen molar-refractivity contribution in [2.45, 2.75) is 70.6 Å². The minimum atomic E-state index is -4.16. The van der Waals surface area contributed by atoms with E-state index < -0.39 is 13.4 Å². The van der Waals surface area contributed by atoms with Crippen molar-refractivity contribution in [2.75, 3.05) is 13.2 Å². The quantitative estimate of drug-likeness (QED) is 0.246. The van der Waals surface area contributed by atoms with Crippen LogP contribution in [0.4, 0.5) is 0 Å². The molecule has 8 heteroatoms. The second-order valence-electron chi connectivity index (χ2n) is 7.75. The molecule has 0 amide bonds. The lowest BCUT2D eigenvalue weighted by Crippen LogP contribution is -2.16. The lowest BCUT2D eigenvalue weighted by molar-refractivity contribution is -0.139. The van der Waals surface area contributed by atoms with Gasteiger partial charge in [0.1, 0.15) is 5.76 Å². The number of aliphatic imine (C=N–C) groups is 1. The largest absolute Gasteiger partial charge is 0.427 e. The van der Waals surface area contributed by atoms with Crippen molar-refractivity contribution in [1.29, 1.82) is 0 Å². The van der Waals surface area contributed by atoms with Crippen LogP contribution in [0.3, 0.4) is 0 Å². The van der Waals surface area contributed by atoms with Crippen molar-refractivity contribution in [3.63, 3.8) is 0 Å². The maximum absolute atomic E-state index is 12.3. The minimum absolute atomic E-state index is 0.00360. The molecule has 1 heterocycles. The summed E-state index contributed by atoms with van der Waals surface area (Å²) in [7, 11) is -4.16. The fourth-order valence-corrected chi connectivity index (χ4v) is 4.23. The van der Waals surface area contributed by atoms with Crippen molar-refractivity contribution in [3.05, 3.63) is 35.6 Å². The summed E-state index contributed by atoms with van der Waals surface area (Å²) in [4.78, 5) is 26.0. The van der Waals surface area contributed by atoms with Gasteiger partial charge in [-0.3, -0.25) is 14.4 Å². The molecule has 0 saturated carbocycles. The SMILES string of the molecule is CCCCCCCC(=O)OC1=CCC(COP(=O)(O)C(O)CC2=CCCN=C2)C=C1. The van der Waals surface area contributed by atoms with Gasteiger partial charge in [0.05, 0.1) is 6.61 Å². The van der Waals surface area contributed by atoms with Crippen LogP contribution >= 0.6 is 7.60 Å². The third-order valence-corrected chi connectivity index (χ3v) is 6.52. The molecule has 0 aromatic rings. The molecule has 0 bridgehead atoms.